The van der Waals surface area contributed by atoms with Gasteiger partial charge in [-0.25, -0.2) is 9.97 Å². The van der Waals surface area contributed by atoms with Crippen LogP contribution in [0.3, 0.4) is 0 Å². The highest BCUT2D eigenvalue weighted by Gasteiger charge is 2.11. The van der Waals surface area contributed by atoms with E-state index in [4.69, 9.17) is 9.84 Å². The molecule has 0 amide bonds. The van der Waals surface area contributed by atoms with Crippen molar-refractivity contribution < 1.29 is 14.6 Å². The molecule has 8 heteroatoms. The molecule has 2 heterocycles. The first-order valence-corrected chi connectivity index (χ1v) is 10.7. The maximum atomic E-state index is 10.5. The van der Waals surface area contributed by atoms with Crippen molar-refractivity contribution >= 4 is 28.8 Å². The number of unbranched alkanes of at least 4 members (excludes halogenated alkanes) is 3. The number of fused-ring (bicyclic) bond motifs is 1. The van der Waals surface area contributed by atoms with Crippen LogP contribution in [0.1, 0.15) is 44.7 Å². The number of aromatic nitrogens is 4. The van der Waals surface area contributed by atoms with Crippen LogP contribution in [0.5, 0.6) is 5.75 Å². The summed E-state index contributed by atoms with van der Waals surface area (Å²) in [4.78, 5) is 27.1. The molecule has 0 fully saturated rings. The molecular formula is C24H29N5O3. The zero-order chi connectivity index (χ0) is 22.8. The lowest BCUT2D eigenvalue weighted by Crippen LogP contribution is -2.03. The number of anilines is 2. The second kappa shape index (κ2) is 11.6. The largest absolute Gasteiger partial charge is 0.494 e. The highest BCUT2D eigenvalue weighted by atomic mass is 16.5. The van der Waals surface area contributed by atoms with Crippen LogP contribution in [0, 0.1) is 0 Å². The molecule has 0 unspecified atom stereocenters. The van der Waals surface area contributed by atoms with Crippen molar-refractivity contribution in [2.75, 3.05) is 11.9 Å². The minimum atomic E-state index is -0.736. The van der Waals surface area contributed by atoms with Gasteiger partial charge in [-0.15, -0.1) is 0 Å². The topological polar surface area (TPSA) is 113 Å². The zero-order valence-electron chi connectivity index (χ0n) is 18.3. The molecule has 0 bridgehead atoms. The van der Waals surface area contributed by atoms with Gasteiger partial charge in [0.05, 0.1) is 18.6 Å². The normalized spacial score (nSPS) is 11.5. The number of allylic oxidation sites excluding steroid dienone is 3. The Balaban J connectivity index is 1.55. The fourth-order valence-corrected chi connectivity index (χ4v) is 3.29. The van der Waals surface area contributed by atoms with E-state index >= 15 is 0 Å². The Kier molecular flexibility index (Phi) is 8.36. The molecule has 168 valence electrons. The molecule has 2 aromatic heterocycles. The first kappa shape index (κ1) is 23.0. The van der Waals surface area contributed by atoms with Gasteiger partial charge in [-0.1, -0.05) is 37.1 Å². The Morgan fingerprint density at radius 1 is 1.19 bits per heavy atom. The number of imidazole rings is 1. The molecule has 1 aromatic carbocycles. The number of carboxylic acids is 1. The molecular weight excluding hydrogens is 406 g/mol. The third-order valence-electron chi connectivity index (χ3n) is 4.87. The van der Waals surface area contributed by atoms with Crippen LogP contribution in [-0.4, -0.2) is 37.6 Å². The second-order valence-electron chi connectivity index (χ2n) is 7.58. The van der Waals surface area contributed by atoms with Gasteiger partial charge in [0.1, 0.15) is 11.3 Å². The molecule has 3 aromatic rings. The number of benzene rings is 1. The van der Waals surface area contributed by atoms with E-state index in [-0.39, 0.29) is 6.42 Å². The molecule has 3 rings (SSSR count). The van der Waals surface area contributed by atoms with Gasteiger partial charge in [-0.05, 0) is 44.0 Å². The van der Waals surface area contributed by atoms with E-state index < -0.39 is 5.97 Å². The third kappa shape index (κ3) is 6.94. The summed E-state index contributed by atoms with van der Waals surface area (Å²) in [5, 5.41) is 11.9. The van der Waals surface area contributed by atoms with E-state index in [1.165, 1.54) is 0 Å². The van der Waals surface area contributed by atoms with Gasteiger partial charge in [-0.2, -0.15) is 4.98 Å². The maximum absolute atomic E-state index is 10.5. The number of hydrogen-bond acceptors (Lipinski definition) is 6. The number of H-pyrrole nitrogens is 1. The van der Waals surface area contributed by atoms with Crippen molar-refractivity contribution in [2.24, 2.45) is 0 Å². The Morgan fingerprint density at radius 2 is 1.97 bits per heavy atom. The van der Waals surface area contributed by atoms with Crippen molar-refractivity contribution in [3.63, 3.8) is 0 Å². The molecule has 0 aliphatic carbocycles. The van der Waals surface area contributed by atoms with Crippen LogP contribution in [0.2, 0.25) is 0 Å². The number of aliphatic carboxylic acids is 1. The minimum Gasteiger partial charge on any atom is -0.494 e. The number of aromatic amines is 1. The summed E-state index contributed by atoms with van der Waals surface area (Å²) >= 11 is 0. The summed E-state index contributed by atoms with van der Waals surface area (Å²) in [5.41, 5.74) is 4.31. The van der Waals surface area contributed by atoms with Crippen LogP contribution in [-0.2, 0) is 11.2 Å². The molecule has 32 heavy (non-hydrogen) atoms. The molecule has 0 atom stereocenters. The number of ether oxygens (including phenoxy) is 1. The lowest BCUT2D eigenvalue weighted by Gasteiger charge is -2.10. The summed E-state index contributed by atoms with van der Waals surface area (Å²) in [6, 6.07) is 7.64. The van der Waals surface area contributed by atoms with Gasteiger partial charge in [0.25, 0.3) is 0 Å². The predicted octanol–water partition coefficient (Wildman–Crippen LogP) is 5.19. The van der Waals surface area contributed by atoms with E-state index in [0.717, 1.165) is 47.5 Å². The number of rotatable bonds is 13. The van der Waals surface area contributed by atoms with Crippen molar-refractivity contribution in [3.8, 4) is 5.75 Å². The molecule has 0 aliphatic rings. The van der Waals surface area contributed by atoms with Crippen LogP contribution in [0.25, 0.3) is 11.2 Å². The standard InChI is InChI=1S/C24H29N5O3/c1-3-8-17(2)15-20-22-23(26-16-25-22)29-24(28-20)27-18-10-12-19(13-11-18)32-14-7-5-4-6-9-21(30)31/h3,8,10-13,16H,1,4-7,9,14-15H2,2H3,(H,30,31)(H2,25,26,27,28,29)/b17-8+. The molecule has 0 aliphatic heterocycles. The Labute approximate surface area is 187 Å². The van der Waals surface area contributed by atoms with Gasteiger partial charge in [0.2, 0.25) is 5.95 Å². The molecule has 0 spiro atoms. The van der Waals surface area contributed by atoms with Gasteiger partial charge in [-0.3, -0.25) is 4.79 Å². The lowest BCUT2D eigenvalue weighted by atomic mass is 10.1. The first-order chi connectivity index (χ1) is 15.5. The highest BCUT2D eigenvalue weighted by Crippen LogP contribution is 2.22. The molecule has 0 radical (unpaired) electrons. The van der Waals surface area contributed by atoms with Gasteiger partial charge >= 0.3 is 5.97 Å². The van der Waals surface area contributed by atoms with Crippen LogP contribution >= 0.6 is 0 Å². The second-order valence-corrected chi connectivity index (χ2v) is 7.58. The number of carbonyl (C=O) groups is 1. The number of hydrogen-bond donors (Lipinski definition) is 3. The molecule has 3 N–H and O–H groups in total. The SMILES string of the molecule is C=C/C=C(\C)Cc1nc(Nc2ccc(OCCCCCCC(=O)O)cc2)nc2nc[nH]c12. The molecule has 0 saturated heterocycles. The van der Waals surface area contributed by atoms with Gasteiger partial charge in [0, 0.05) is 18.5 Å². The fourth-order valence-electron chi connectivity index (χ4n) is 3.29. The van der Waals surface area contributed by atoms with E-state index in [2.05, 4.69) is 31.8 Å². The van der Waals surface area contributed by atoms with Crippen LogP contribution < -0.4 is 10.1 Å². The summed E-state index contributed by atoms with van der Waals surface area (Å²) < 4.78 is 5.77. The molecule has 0 saturated carbocycles. The highest BCUT2D eigenvalue weighted by molar-refractivity contribution is 5.75. The van der Waals surface area contributed by atoms with E-state index in [0.29, 0.717) is 31.0 Å². The van der Waals surface area contributed by atoms with Crippen molar-refractivity contribution in [1.29, 1.82) is 0 Å². The quantitative estimate of drug-likeness (QED) is 0.250. The minimum absolute atomic E-state index is 0.235. The number of carboxylic acid groups (broad SMARTS) is 1. The summed E-state index contributed by atoms with van der Waals surface area (Å²) in [5.74, 6) is 0.539. The average Bonchev–Trinajstić information content (AvgIpc) is 3.23. The average molecular weight is 436 g/mol. The first-order valence-electron chi connectivity index (χ1n) is 10.7. The van der Waals surface area contributed by atoms with E-state index in [9.17, 15) is 4.79 Å². The Hall–Kier alpha value is -3.68. The van der Waals surface area contributed by atoms with E-state index in [1.54, 1.807) is 12.4 Å². The number of nitrogens with zero attached hydrogens (tertiary/aromatic N) is 3. The third-order valence-corrected chi connectivity index (χ3v) is 4.87. The smallest absolute Gasteiger partial charge is 0.303 e. The van der Waals surface area contributed by atoms with Gasteiger partial charge < -0.3 is 20.1 Å². The fraction of sp³-hybridized carbons (Fsp3) is 0.333. The predicted molar refractivity (Wildman–Crippen MR) is 125 cm³/mol. The van der Waals surface area contributed by atoms with Crippen molar-refractivity contribution in [1.82, 2.24) is 19.9 Å². The molecule has 8 nitrogen and oxygen atoms in total. The summed E-state index contributed by atoms with van der Waals surface area (Å²) in [6.07, 6.45) is 9.75. The monoisotopic (exact) mass is 435 g/mol. The van der Waals surface area contributed by atoms with Crippen molar-refractivity contribution in [2.45, 2.75) is 45.4 Å². The lowest BCUT2D eigenvalue weighted by molar-refractivity contribution is -0.137. The maximum Gasteiger partial charge on any atom is 0.303 e. The van der Waals surface area contributed by atoms with E-state index in [1.807, 2.05) is 37.3 Å². The van der Waals surface area contributed by atoms with Gasteiger partial charge in [0.15, 0.2) is 5.65 Å². The number of nitrogens with one attached hydrogen (secondary N) is 2. The van der Waals surface area contributed by atoms with Crippen LogP contribution in [0.4, 0.5) is 11.6 Å². The summed E-state index contributed by atoms with van der Waals surface area (Å²) in [7, 11) is 0. The summed E-state index contributed by atoms with van der Waals surface area (Å²) in [6.45, 7) is 6.39. The zero-order valence-corrected chi connectivity index (χ0v) is 18.3. The van der Waals surface area contributed by atoms with Crippen molar-refractivity contribution in [3.05, 3.63) is 60.6 Å². The Morgan fingerprint density at radius 3 is 2.72 bits per heavy atom. The Bertz CT molecular complexity index is 1070. The van der Waals surface area contributed by atoms with Crippen LogP contribution in [0.15, 0.2) is 54.9 Å².